The lowest BCUT2D eigenvalue weighted by molar-refractivity contribution is -0.183. The van der Waals surface area contributed by atoms with E-state index in [0.717, 1.165) is 0 Å². The molecule has 1 aliphatic carbocycles. The summed E-state index contributed by atoms with van der Waals surface area (Å²) in [6.45, 7) is -0.450. The molecule has 2 fully saturated rings. The summed E-state index contributed by atoms with van der Waals surface area (Å²) in [6.07, 6.45) is -4.77. The van der Waals surface area contributed by atoms with Crippen LogP contribution in [0.4, 0.5) is 26.7 Å². The third kappa shape index (κ3) is 5.39. The zero-order valence-corrected chi connectivity index (χ0v) is 18.0. The number of carbonyl (C=O) groups is 2. The highest BCUT2D eigenvalue weighted by Crippen LogP contribution is 2.42. The summed E-state index contributed by atoms with van der Waals surface area (Å²) in [4.78, 5) is 27.8. The van der Waals surface area contributed by atoms with Crippen molar-refractivity contribution in [1.29, 1.82) is 0 Å². The van der Waals surface area contributed by atoms with E-state index >= 15 is 0 Å². The number of fused-ring (bicyclic) bond motifs is 1. The molecule has 3 heterocycles. The number of carbonyl (C=O) groups excluding carboxylic acids is 1. The number of hydrogen-bond acceptors (Lipinski definition) is 4. The SMILES string of the molecule is O=C(O)NC(c1cn2nc(CC3C[C@H](C(F)(F)F)CNC3=O)ccc2n1)[C@H]1CCCC(F)(F)C1. The first-order valence-corrected chi connectivity index (χ1v) is 11.0. The van der Waals surface area contributed by atoms with E-state index in [1.807, 2.05) is 0 Å². The minimum absolute atomic E-state index is 0.0203. The van der Waals surface area contributed by atoms with Crippen LogP contribution in [0, 0.1) is 17.8 Å². The van der Waals surface area contributed by atoms with Crippen molar-refractivity contribution in [3.8, 4) is 0 Å². The number of imidazole rings is 1. The molecule has 2 aromatic heterocycles. The van der Waals surface area contributed by atoms with Gasteiger partial charge in [0.15, 0.2) is 5.65 Å². The van der Waals surface area contributed by atoms with Crippen LogP contribution >= 0.6 is 0 Å². The molecule has 1 aliphatic heterocycles. The number of piperidine rings is 1. The van der Waals surface area contributed by atoms with E-state index in [1.165, 1.54) is 16.8 Å². The minimum Gasteiger partial charge on any atom is -0.465 e. The number of rotatable bonds is 5. The van der Waals surface area contributed by atoms with Gasteiger partial charge in [0, 0.05) is 31.7 Å². The molecule has 8 nitrogen and oxygen atoms in total. The monoisotopic (exact) mass is 489 g/mol. The van der Waals surface area contributed by atoms with Gasteiger partial charge >= 0.3 is 12.3 Å². The van der Waals surface area contributed by atoms with Crippen LogP contribution in [0.2, 0.25) is 0 Å². The van der Waals surface area contributed by atoms with Gasteiger partial charge in [0.1, 0.15) is 0 Å². The molecule has 1 saturated carbocycles. The number of amides is 2. The third-order valence-electron chi connectivity index (χ3n) is 6.52. The van der Waals surface area contributed by atoms with Gasteiger partial charge in [-0.05, 0) is 37.3 Å². The van der Waals surface area contributed by atoms with Crippen molar-refractivity contribution in [2.45, 2.75) is 56.7 Å². The molecule has 2 aromatic rings. The lowest BCUT2D eigenvalue weighted by atomic mass is 9.81. The maximum absolute atomic E-state index is 14.0. The highest BCUT2D eigenvalue weighted by atomic mass is 19.4. The molecule has 34 heavy (non-hydrogen) atoms. The zero-order valence-electron chi connectivity index (χ0n) is 18.0. The first-order valence-electron chi connectivity index (χ1n) is 11.0. The Bertz CT molecular complexity index is 1070. The van der Waals surface area contributed by atoms with Crippen molar-refractivity contribution in [2.24, 2.45) is 17.8 Å². The second kappa shape index (κ2) is 8.99. The molecule has 1 saturated heterocycles. The fraction of sp³-hybridized carbons (Fsp3) is 0.619. The van der Waals surface area contributed by atoms with Gasteiger partial charge < -0.3 is 15.7 Å². The molecule has 2 unspecified atom stereocenters. The zero-order chi connectivity index (χ0) is 24.7. The van der Waals surface area contributed by atoms with Crippen LogP contribution in [0.1, 0.15) is 49.5 Å². The first-order chi connectivity index (χ1) is 15.9. The molecular weight excluding hydrogens is 465 g/mol. The van der Waals surface area contributed by atoms with Crippen molar-refractivity contribution in [2.75, 3.05) is 6.54 Å². The predicted octanol–water partition coefficient (Wildman–Crippen LogP) is 3.72. The second-order valence-corrected chi connectivity index (χ2v) is 9.05. The van der Waals surface area contributed by atoms with Crippen molar-refractivity contribution in [3.63, 3.8) is 0 Å². The quantitative estimate of drug-likeness (QED) is 0.555. The smallest absolute Gasteiger partial charge is 0.405 e. The van der Waals surface area contributed by atoms with Crippen molar-refractivity contribution in [1.82, 2.24) is 25.2 Å². The van der Waals surface area contributed by atoms with Gasteiger partial charge in [-0.25, -0.2) is 23.1 Å². The summed E-state index contributed by atoms with van der Waals surface area (Å²) in [5.74, 6) is -6.55. The topological polar surface area (TPSA) is 109 Å². The van der Waals surface area contributed by atoms with E-state index in [1.54, 1.807) is 6.07 Å². The van der Waals surface area contributed by atoms with E-state index in [9.17, 15) is 36.6 Å². The van der Waals surface area contributed by atoms with Crippen LogP contribution in [0.15, 0.2) is 18.3 Å². The molecule has 0 bridgehead atoms. The Morgan fingerprint density at radius 1 is 1.35 bits per heavy atom. The van der Waals surface area contributed by atoms with Crippen LogP contribution in [0.5, 0.6) is 0 Å². The number of halogens is 5. The molecule has 186 valence electrons. The van der Waals surface area contributed by atoms with Gasteiger partial charge in [-0.15, -0.1) is 0 Å². The molecule has 0 aromatic carbocycles. The van der Waals surface area contributed by atoms with E-state index in [0.29, 0.717) is 17.8 Å². The number of alkyl halides is 5. The van der Waals surface area contributed by atoms with Gasteiger partial charge in [-0.1, -0.05) is 0 Å². The molecule has 4 rings (SSSR count). The highest BCUT2D eigenvalue weighted by molar-refractivity contribution is 5.79. The summed E-state index contributed by atoms with van der Waals surface area (Å²) in [5, 5.41) is 18.1. The lowest BCUT2D eigenvalue weighted by Crippen LogP contribution is -2.47. The maximum atomic E-state index is 14.0. The Kier molecular flexibility index (Phi) is 6.38. The van der Waals surface area contributed by atoms with Crippen LogP contribution in [0.25, 0.3) is 5.65 Å². The Morgan fingerprint density at radius 2 is 2.12 bits per heavy atom. The van der Waals surface area contributed by atoms with E-state index in [2.05, 4.69) is 20.7 Å². The number of nitrogens with one attached hydrogen (secondary N) is 2. The predicted molar refractivity (Wildman–Crippen MR) is 108 cm³/mol. The molecule has 4 atom stereocenters. The van der Waals surface area contributed by atoms with E-state index in [4.69, 9.17) is 0 Å². The summed E-state index contributed by atoms with van der Waals surface area (Å²) >= 11 is 0. The van der Waals surface area contributed by atoms with Crippen LogP contribution in [-0.2, 0) is 11.2 Å². The number of carboxylic acid groups (broad SMARTS) is 1. The van der Waals surface area contributed by atoms with E-state index in [-0.39, 0.29) is 31.4 Å². The van der Waals surface area contributed by atoms with Crippen LogP contribution in [-0.4, -0.2) is 50.3 Å². The molecule has 0 spiro atoms. The van der Waals surface area contributed by atoms with Gasteiger partial charge in [-0.3, -0.25) is 4.79 Å². The summed E-state index contributed by atoms with van der Waals surface area (Å²) in [7, 11) is 0. The summed E-state index contributed by atoms with van der Waals surface area (Å²) in [6, 6.07) is 2.11. The van der Waals surface area contributed by atoms with Gasteiger partial charge in [-0.2, -0.15) is 18.3 Å². The van der Waals surface area contributed by atoms with E-state index < -0.39 is 60.9 Å². The van der Waals surface area contributed by atoms with Gasteiger partial charge in [0.2, 0.25) is 11.8 Å². The summed E-state index contributed by atoms with van der Waals surface area (Å²) < 4.78 is 68.5. The average molecular weight is 489 g/mol. The van der Waals surface area contributed by atoms with Gasteiger partial charge in [0.25, 0.3) is 0 Å². The van der Waals surface area contributed by atoms with Crippen molar-refractivity contribution in [3.05, 3.63) is 29.7 Å². The highest BCUT2D eigenvalue weighted by Gasteiger charge is 2.45. The maximum Gasteiger partial charge on any atom is 0.405 e. The second-order valence-electron chi connectivity index (χ2n) is 9.05. The fourth-order valence-corrected chi connectivity index (χ4v) is 4.84. The molecule has 2 amide bonds. The molecule has 0 radical (unpaired) electrons. The molecule has 3 N–H and O–H groups in total. The standard InChI is InChI=1S/C21H24F5N5O3/c22-20(23)5-1-2-11(8-20)17(29-19(33)34)15-10-31-16(28-15)4-3-14(30-31)7-12-6-13(21(24,25)26)9-27-18(12)32/h3-4,10-13,17,29H,1-2,5-9H2,(H,27,32)(H,33,34)/t11-,12?,13-,17?/m0/s1. The Hall–Kier alpha value is -2.99. The third-order valence-corrected chi connectivity index (χ3v) is 6.52. The molecular formula is C21H24F5N5O3. The molecule has 13 heteroatoms. The number of aromatic nitrogens is 3. The van der Waals surface area contributed by atoms with Crippen LogP contribution < -0.4 is 10.6 Å². The summed E-state index contributed by atoms with van der Waals surface area (Å²) in [5.41, 5.74) is 0.897. The number of nitrogens with zero attached hydrogens (tertiary/aromatic N) is 3. The van der Waals surface area contributed by atoms with Crippen molar-refractivity contribution >= 4 is 17.6 Å². The van der Waals surface area contributed by atoms with Crippen LogP contribution in [0.3, 0.4) is 0 Å². The number of hydrogen-bond donors (Lipinski definition) is 3. The Labute approximate surface area is 190 Å². The van der Waals surface area contributed by atoms with Gasteiger partial charge in [0.05, 0.1) is 29.5 Å². The largest absolute Gasteiger partial charge is 0.465 e. The normalized spacial score (nSPS) is 26.1. The minimum atomic E-state index is -4.41. The Morgan fingerprint density at radius 3 is 2.79 bits per heavy atom. The fourth-order valence-electron chi connectivity index (χ4n) is 4.84. The lowest BCUT2D eigenvalue weighted by Gasteiger charge is -2.33. The first kappa shape index (κ1) is 24.1. The average Bonchev–Trinajstić information content (AvgIpc) is 3.15. The molecule has 2 aliphatic rings. The Balaban J connectivity index is 1.56. The van der Waals surface area contributed by atoms with Crippen molar-refractivity contribution < 1.29 is 36.6 Å².